The minimum atomic E-state index is 0.266. The van der Waals surface area contributed by atoms with Crippen LogP contribution in [-0.4, -0.2) is 5.78 Å². The summed E-state index contributed by atoms with van der Waals surface area (Å²) in [5.74, 6) is 0.266. The van der Waals surface area contributed by atoms with Crippen molar-refractivity contribution in [1.29, 1.82) is 0 Å². The van der Waals surface area contributed by atoms with Crippen molar-refractivity contribution >= 4 is 28.7 Å². The topological polar surface area (TPSA) is 17.1 Å². The van der Waals surface area contributed by atoms with Crippen LogP contribution in [-0.2, 0) is 17.6 Å². The van der Waals surface area contributed by atoms with Crippen LogP contribution in [0, 0.1) is 6.92 Å². The fraction of sp³-hybridized carbons (Fsp3) is 0.312. The summed E-state index contributed by atoms with van der Waals surface area (Å²) in [5, 5.41) is 2.77. The highest BCUT2D eigenvalue weighted by Crippen LogP contribution is 2.19. The molecule has 0 radical (unpaired) electrons. The van der Waals surface area contributed by atoms with E-state index in [4.69, 9.17) is 11.6 Å². The first-order chi connectivity index (χ1) is 9.15. The van der Waals surface area contributed by atoms with Gasteiger partial charge in [0.25, 0.3) is 0 Å². The van der Waals surface area contributed by atoms with E-state index in [-0.39, 0.29) is 5.78 Å². The number of thiophene rings is 1. The zero-order valence-electron chi connectivity index (χ0n) is 11.0. The number of hydrogen-bond acceptors (Lipinski definition) is 2. The molecule has 0 spiro atoms. The van der Waals surface area contributed by atoms with Gasteiger partial charge in [0, 0.05) is 22.7 Å². The maximum atomic E-state index is 11.9. The van der Waals surface area contributed by atoms with Gasteiger partial charge >= 0.3 is 0 Å². The standard InChI is InChI=1S/C16H17ClOS/c1-12-7-8-13(16(17)10-12)11-14(18)4-2-5-15-6-3-9-19-15/h3,6-10H,2,4-5,11H2,1H3. The molecule has 0 aliphatic rings. The van der Waals surface area contributed by atoms with Crippen LogP contribution >= 0.6 is 22.9 Å². The molecule has 0 bridgehead atoms. The molecule has 0 saturated carbocycles. The van der Waals surface area contributed by atoms with Gasteiger partial charge in [-0.3, -0.25) is 4.79 Å². The highest BCUT2D eigenvalue weighted by atomic mass is 35.5. The second-order valence-corrected chi connectivity index (χ2v) is 6.18. The van der Waals surface area contributed by atoms with Gasteiger partial charge in [-0.2, -0.15) is 0 Å². The van der Waals surface area contributed by atoms with Gasteiger partial charge in [0.1, 0.15) is 5.78 Å². The first kappa shape index (κ1) is 14.3. The van der Waals surface area contributed by atoms with Gasteiger partial charge in [-0.15, -0.1) is 11.3 Å². The number of carbonyl (C=O) groups is 1. The number of rotatable bonds is 6. The lowest BCUT2D eigenvalue weighted by Gasteiger charge is -2.04. The van der Waals surface area contributed by atoms with Crippen LogP contribution < -0.4 is 0 Å². The maximum Gasteiger partial charge on any atom is 0.137 e. The molecule has 0 unspecified atom stereocenters. The van der Waals surface area contributed by atoms with E-state index >= 15 is 0 Å². The summed E-state index contributed by atoms with van der Waals surface area (Å²) < 4.78 is 0. The van der Waals surface area contributed by atoms with Gasteiger partial charge in [0.2, 0.25) is 0 Å². The fourth-order valence-electron chi connectivity index (χ4n) is 2.01. The van der Waals surface area contributed by atoms with Crippen molar-refractivity contribution in [3.8, 4) is 0 Å². The molecule has 3 heteroatoms. The lowest BCUT2D eigenvalue weighted by atomic mass is 10.0. The molecule has 1 heterocycles. The van der Waals surface area contributed by atoms with Crippen LogP contribution in [0.1, 0.15) is 28.8 Å². The van der Waals surface area contributed by atoms with Crippen molar-refractivity contribution in [3.63, 3.8) is 0 Å². The van der Waals surface area contributed by atoms with Gasteiger partial charge in [-0.25, -0.2) is 0 Å². The number of benzene rings is 1. The van der Waals surface area contributed by atoms with Crippen molar-refractivity contribution < 1.29 is 4.79 Å². The molecule has 1 aromatic carbocycles. The van der Waals surface area contributed by atoms with Crippen molar-refractivity contribution in [2.75, 3.05) is 0 Å². The van der Waals surface area contributed by atoms with E-state index in [0.29, 0.717) is 17.9 Å². The highest BCUT2D eigenvalue weighted by Gasteiger charge is 2.07. The number of Topliss-reactive ketones (excluding diaryl/α,β-unsaturated/α-hetero) is 1. The third-order valence-electron chi connectivity index (χ3n) is 3.06. The Morgan fingerprint density at radius 1 is 1.32 bits per heavy atom. The molecule has 2 aromatic rings. The summed E-state index contributed by atoms with van der Waals surface area (Å²) in [6.45, 7) is 2.00. The van der Waals surface area contributed by atoms with Crippen LogP contribution in [0.25, 0.3) is 0 Å². The van der Waals surface area contributed by atoms with Crippen molar-refractivity contribution in [2.45, 2.75) is 32.6 Å². The summed E-state index contributed by atoms with van der Waals surface area (Å²) >= 11 is 7.89. The molecule has 0 saturated heterocycles. The number of carbonyl (C=O) groups excluding carboxylic acids is 1. The summed E-state index contributed by atoms with van der Waals surface area (Å²) in [7, 11) is 0. The van der Waals surface area contributed by atoms with E-state index in [2.05, 4.69) is 11.4 Å². The molecule has 100 valence electrons. The van der Waals surface area contributed by atoms with Gasteiger partial charge in [-0.1, -0.05) is 29.8 Å². The monoisotopic (exact) mass is 292 g/mol. The number of hydrogen-bond donors (Lipinski definition) is 0. The summed E-state index contributed by atoms with van der Waals surface area (Å²) in [6.07, 6.45) is 2.99. The lowest BCUT2D eigenvalue weighted by molar-refractivity contribution is -0.118. The summed E-state index contributed by atoms with van der Waals surface area (Å²) in [4.78, 5) is 13.3. The molecule has 0 amide bonds. The Morgan fingerprint density at radius 3 is 2.84 bits per heavy atom. The Morgan fingerprint density at radius 2 is 2.16 bits per heavy atom. The van der Waals surface area contributed by atoms with E-state index in [0.717, 1.165) is 24.0 Å². The van der Waals surface area contributed by atoms with Crippen LogP contribution in [0.2, 0.25) is 5.02 Å². The highest BCUT2D eigenvalue weighted by molar-refractivity contribution is 7.09. The van der Waals surface area contributed by atoms with E-state index in [1.165, 1.54) is 4.88 Å². The molecule has 0 aliphatic carbocycles. The SMILES string of the molecule is Cc1ccc(CC(=O)CCCc2cccs2)c(Cl)c1. The number of ketones is 1. The predicted octanol–water partition coefficient (Wildman–Crippen LogP) is 4.84. The maximum absolute atomic E-state index is 11.9. The van der Waals surface area contributed by atoms with Crippen LogP contribution in [0.5, 0.6) is 0 Å². The summed E-state index contributed by atoms with van der Waals surface area (Å²) in [6, 6.07) is 10.0. The van der Waals surface area contributed by atoms with Gasteiger partial charge in [-0.05, 0) is 48.4 Å². The molecular formula is C16H17ClOS. The largest absolute Gasteiger partial charge is 0.299 e. The first-order valence-electron chi connectivity index (χ1n) is 6.44. The van der Waals surface area contributed by atoms with Crippen LogP contribution in [0.15, 0.2) is 35.7 Å². The molecule has 0 fully saturated rings. The van der Waals surface area contributed by atoms with Crippen molar-refractivity contribution in [3.05, 3.63) is 56.7 Å². The van der Waals surface area contributed by atoms with Crippen molar-refractivity contribution in [1.82, 2.24) is 0 Å². The normalized spacial score (nSPS) is 10.6. The second-order valence-electron chi connectivity index (χ2n) is 4.74. The average Bonchev–Trinajstić information content (AvgIpc) is 2.86. The molecule has 0 N–H and O–H groups in total. The molecule has 0 aliphatic heterocycles. The smallest absolute Gasteiger partial charge is 0.137 e. The Labute approximate surface area is 123 Å². The Balaban J connectivity index is 1.80. The van der Waals surface area contributed by atoms with Gasteiger partial charge in [0.15, 0.2) is 0 Å². The van der Waals surface area contributed by atoms with E-state index in [1.54, 1.807) is 11.3 Å². The second kappa shape index (κ2) is 6.88. The minimum Gasteiger partial charge on any atom is -0.299 e. The van der Waals surface area contributed by atoms with E-state index in [1.807, 2.05) is 31.2 Å². The molecule has 0 atom stereocenters. The lowest BCUT2D eigenvalue weighted by Crippen LogP contribution is -2.03. The molecule has 2 rings (SSSR count). The quantitative estimate of drug-likeness (QED) is 0.744. The minimum absolute atomic E-state index is 0.266. The summed E-state index contributed by atoms with van der Waals surface area (Å²) in [5.41, 5.74) is 2.06. The average molecular weight is 293 g/mol. The Kier molecular flexibility index (Phi) is 5.17. The molecule has 1 aromatic heterocycles. The van der Waals surface area contributed by atoms with Crippen LogP contribution in [0.3, 0.4) is 0 Å². The van der Waals surface area contributed by atoms with E-state index in [9.17, 15) is 4.79 Å². The zero-order valence-corrected chi connectivity index (χ0v) is 12.6. The molecule has 1 nitrogen and oxygen atoms in total. The molecular weight excluding hydrogens is 276 g/mol. The fourth-order valence-corrected chi connectivity index (χ4v) is 3.06. The van der Waals surface area contributed by atoms with Crippen LogP contribution in [0.4, 0.5) is 0 Å². The first-order valence-corrected chi connectivity index (χ1v) is 7.70. The molecule has 19 heavy (non-hydrogen) atoms. The predicted molar refractivity (Wildman–Crippen MR) is 82.2 cm³/mol. The zero-order chi connectivity index (χ0) is 13.7. The third kappa shape index (κ3) is 4.48. The van der Waals surface area contributed by atoms with Gasteiger partial charge < -0.3 is 0 Å². The van der Waals surface area contributed by atoms with Gasteiger partial charge in [0.05, 0.1) is 0 Å². The third-order valence-corrected chi connectivity index (χ3v) is 4.34. The number of halogens is 1. The van der Waals surface area contributed by atoms with E-state index < -0.39 is 0 Å². The van der Waals surface area contributed by atoms with Crippen molar-refractivity contribution in [2.24, 2.45) is 0 Å². The Hall–Kier alpha value is -1.12. The Bertz CT molecular complexity index is 546. The number of aryl methyl sites for hydroxylation is 2.